The number of carbonyl (C=O) groups is 2. The van der Waals surface area contributed by atoms with Gasteiger partial charge in [-0.2, -0.15) is 0 Å². The molecule has 156 valence electrons. The number of fused-ring (bicyclic) bond motifs is 1. The van der Waals surface area contributed by atoms with Gasteiger partial charge in [-0.05, 0) is 35.9 Å². The number of likely N-dealkylation sites (tertiary alicyclic amines) is 1. The Morgan fingerprint density at radius 3 is 2.70 bits per heavy atom. The number of aromatic nitrogens is 1. The Morgan fingerprint density at radius 1 is 1.27 bits per heavy atom. The van der Waals surface area contributed by atoms with E-state index in [9.17, 15) is 22.4 Å². The molecule has 1 aliphatic rings. The maximum absolute atomic E-state index is 13.0. The van der Waals surface area contributed by atoms with E-state index in [1.165, 1.54) is 35.6 Å². The second-order valence-corrected chi connectivity index (χ2v) is 10.3. The number of hydrogen-bond acceptors (Lipinski definition) is 6. The van der Waals surface area contributed by atoms with E-state index in [0.29, 0.717) is 21.9 Å². The summed E-state index contributed by atoms with van der Waals surface area (Å²) < 4.78 is 37.1. The lowest BCUT2D eigenvalue weighted by molar-refractivity contribution is -0.128. The molecule has 3 aromatic rings. The average molecular weight is 448 g/mol. The quantitative estimate of drug-likeness (QED) is 0.649. The van der Waals surface area contributed by atoms with Gasteiger partial charge in [0.2, 0.25) is 11.8 Å². The first-order valence-corrected chi connectivity index (χ1v) is 11.8. The largest absolute Gasteiger partial charge is 0.338 e. The lowest BCUT2D eigenvalue weighted by Crippen LogP contribution is -2.28. The Labute approximate surface area is 176 Å². The molecule has 30 heavy (non-hydrogen) atoms. The zero-order valence-electron chi connectivity index (χ0n) is 16.0. The van der Waals surface area contributed by atoms with Crippen LogP contribution in [-0.2, 0) is 26.0 Å². The third kappa shape index (κ3) is 4.34. The maximum atomic E-state index is 13.0. The van der Waals surface area contributed by atoms with Crippen molar-refractivity contribution < 1.29 is 22.4 Å². The fraction of sp³-hybridized carbons (Fsp3) is 0.250. The van der Waals surface area contributed by atoms with Crippen LogP contribution in [0.15, 0.2) is 47.4 Å². The summed E-state index contributed by atoms with van der Waals surface area (Å²) in [6.45, 7) is 0.587. The summed E-state index contributed by atoms with van der Waals surface area (Å²) >= 11 is 1.18. The SMILES string of the molecule is CS(=O)(=O)c1ccc2nc(NC(=O)[C@H]3CC(=O)N(Cc4ccc(F)cc4)C3)sc2c1. The number of halogens is 1. The molecule has 1 N–H and O–H groups in total. The van der Waals surface area contributed by atoms with Crippen molar-refractivity contribution in [1.82, 2.24) is 9.88 Å². The minimum Gasteiger partial charge on any atom is -0.338 e. The lowest BCUT2D eigenvalue weighted by atomic mass is 10.1. The molecule has 0 bridgehead atoms. The first-order valence-electron chi connectivity index (χ1n) is 9.13. The summed E-state index contributed by atoms with van der Waals surface area (Å²) in [6.07, 6.45) is 1.23. The molecular formula is C20H18FN3O4S2. The van der Waals surface area contributed by atoms with Crippen molar-refractivity contribution in [2.45, 2.75) is 17.9 Å². The highest BCUT2D eigenvalue weighted by Crippen LogP contribution is 2.29. The molecule has 1 fully saturated rings. The molecule has 2 aromatic carbocycles. The highest BCUT2D eigenvalue weighted by atomic mass is 32.2. The fourth-order valence-corrected chi connectivity index (χ4v) is 4.94. The Hall–Kier alpha value is -2.85. The highest BCUT2D eigenvalue weighted by molar-refractivity contribution is 7.90. The third-order valence-corrected chi connectivity index (χ3v) is 6.93. The lowest BCUT2D eigenvalue weighted by Gasteiger charge is -2.16. The normalized spacial score (nSPS) is 16.9. The van der Waals surface area contributed by atoms with Crippen molar-refractivity contribution in [1.29, 1.82) is 0 Å². The number of benzene rings is 2. The van der Waals surface area contributed by atoms with E-state index in [0.717, 1.165) is 11.8 Å². The van der Waals surface area contributed by atoms with Gasteiger partial charge in [-0.1, -0.05) is 23.5 Å². The van der Waals surface area contributed by atoms with E-state index in [4.69, 9.17) is 0 Å². The van der Waals surface area contributed by atoms with Crippen molar-refractivity contribution in [3.8, 4) is 0 Å². The van der Waals surface area contributed by atoms with Gasteiger partial charge in [-0.25, -0.2) is 17.8 Å². The molecule has 0 radical (unpaired) electrons. The number of hydrogen-bond donors (Lipinski definition) is 1. The summed E-state index contributed by atoms with van der Waals surface area (Å²) in [6, 6.07) is 10.5. The Kier molecular flexibility index (Phi) is 5.29. The summed E-state index contributed by atoms with van der Waals surface area (Å²) in [5.74, 6) is -1.31. The number of rotatable bonds is 5. The number of nitrogens with one attached hydrogen (secondary N) is 1. The van der Waals surface area contributed by atoms with E-state index >= 15 is 0 Å². The van der Waals surface area contributed by atoms with Gasteiger partial charge in [0, 0.05) is 25.8 Å². The molecule has 2 heterocycles. The molecule has 4 rings (SSSR count). The summed E-state index contributed by atoms with van der Waals surface area (Å²) in [7, 11) is -3.33. The molecule has 7 nitrogen and oxygen atoms in total. The van der Waals surface area contributed by atoms with Crippen LogP contribution in [0, 0.1) is 11.7 Å². The molecule has 0 aliphatic carbocycles. The van der Waals surface area contributed by atoms with Crippen molar-refractivity contribution in [2.75, 3.05) is 18.1 Å². The molecule has 10 heteroatoms. The number of amides is 2. The minimum absolute atomic E-state index is 0.0934. The maximum Gasteiger partial charge on any atom is 0.231 e. The van der Waals surface area contributed by atoms with Gasteiger partial charge >= 0.3 is 0 Å². The number of thiazole rings is 1. The Bertz CT molecular complexity index is 1240. The minimum atomic E-state index is -3.33. The smallest absolute Gasteiger partial charge is 0.231 e. The molecule has 1 saturated heterocycles. The molecule has 0 unspecified atom stereocenters. The zero-order valence-corrected chi connectivity index (χ0v) is 17.6. The van der Waals surface area contributed by atoms with E-state index in [1.54, 1.807) is 23.1 Å². The van der Waals surface area contributed by atoms with E-state index < -0.39 is 15.8 Å². The van der Waals surface area contributed by atoms with Gasteiger partial charge in [0.05, 0.1) is 21.0 Å². The van der Waals surface area contributed by atoms with Crippen molar-refractivity contribution in [2.24, 2.45) is 5.92 Å². The van der Waals surface area contributed by atoms with Crippen LogP contribution in [0.3, 0.4) is 0 Å². The predicted molar refractivity (Wildman–Crippen MR) is 111 cm³/mol. The van der Waals surface area contributed by atoms with Crippen LogP contribution in [-0.4, -0.2) is 42.9 Å². The number of anilines is 1. The molecule has 1 atom stereocenters. The average Bonchev–Trinajstić information content (AvgIpc) is 3.25. The van der Waals surface area contributed by atoms with Gasteiger partial charge in [-0.3, -0.25) is 9.59 Å². The molecular weight excluding hydrogens is 429 g/mol. The molecule has 0 saturated carbocycles. The van der Waals surface area contributed by atoms with Gasteiger partial charge in [0.15, 0.2) is 15.0 Å². The number of carbonyl (C=O) groups excluding carboxylic acids is 2. The molecule has 1 aliphatic heterocycles. The van der Waals surface area contributed by atoms with Crippen molar-refractivity contribution >= 4 is 48.3 Å². The summed E-state index contributed by atoms with van der Waals surface area (Å²) in [4.78, 5) is 31.0. The number of sulfone groups is 1. The fourth-order valence-electron chi connectivity index (χ4n) is 3.31. The van der Waals surface area contributed by atoms with Crippen LogP contribution in [0.2, 0.25) is 0 Å². The van der Waals surface area contributed by atoms with E-state index in [-0.39, 0.29) is 35.5 Å². The van der Waals surface area contributed by atoms with Crippen LogP contribution in [0.25, 0.3) is 10.2 Å². The predicted octanol–water partition coefficient (Wildman–Crippen LogP) is 2.83. The van der Waals surface area contributed by atoms with Gasteiger partial charge in [0.25, 0.3) is 0 Å². The van der Waals surface area contributed by atoms with E-state index in [1.807, 2.05) is 0 Å². The van der Waals surface area contributed by atoms with Crippen LogP contribution < -0.4 is 5.32 Å². The zero-order chi connectivity index (χ0) is 21.5. The Morgan fingerprint density at radius 2 is 2.00 bits per heavy atom. The van der Waals surface area contributed by atoms with Gasteiger partial charge < -0.3 is 10.2 Å². The molecule has 0 spiro atoms. The van der Waals surface area contributed by atoms with E-state index in [2.05, 4.69) is 10.3 Å². The van der Waals surface area contributed by atoms with Crippen LogP contribution in [0.5, 0.6) is 0 Å². The van der Waals surface area contributed by atoms with Gasteiger partial charge in [0.1, 0.15) is 5.82 Å². The molecule has 1 aromatic heterocycles. The topological polar surface area (TPSA) is 96.4 Å². The highest BCUT2D eigenvalue weighted by Gasteiger charge is 2.34. The van der Waals surface area contributed by atoms with Crippen molar-refractivity contribution in [3.05, 3.63) is 53.8 Å². The first-order chi connectivity index (χ1) is 14.2. The first kappa shape index (κ1) is 20.4. The third-order valence-electron chi connectivity index (χ3n) is 4.89. The standard InChI is InChI=1S/C20H18FN3O4S2/c1-30(27,28)15-6-7-16-17(9-15)29-20(22-16)23-19(26)13-8-18(25)24(11-13)10-12-2-4-14(21)5-3-12/h2-7,9,13H,8,10-11H2,1H3,(H,22,23,26)/t13-/m0/s1. The summed E-state index contributed by atoms with van der Waals surface area (Å²) in [5.41, 5.74) is 1.38. The second-order valence-electron chi connectivity index (χ2n) is 7.21. The Balaban J connectivity index is 1.43. The number of nitrogens with zero attached hydrogens (tertiary/aromatic N) is 2. The van der Waals surface area contributed by atoms with Gasteiger partial charge in [-0.15, -0.1) is 0 Å². The van der Waals surface area contributed by atoms with Crippen LogP contribution in [0.4, 0.5) is 9.52 Å². The second kappa shape index (κ2) is 7.77. The monoisotopic (exact) mass is 447 g/mol. The van der Waals surface area contributed by atoms with Crippen LogP contribution >= 0.6 is 11.3 Å². The van der Waals surface area contributed by atoms with Crippen LogP contribution in [0.1, 0.15) is 12.0 Å². The molecule has 2 amide bonds. The van der Waals surface area contributed by atoms with Crippen molar-refractivity contribution in [3.63, 3.8) is 0 Å². The summed E-state index contributed by atoms with van der Waals surface area (Å²) in [5, 5.41) is 3.09.